The molecule has 8 atom stereocenters. The van der Waals surface area contributed by atoms with Gasteiger partial charge in [0.1, 0.15) is 47.4 Å². The van der Waals surface area contributed by atoms with Gasteiger partial charge >= 0.3 is 6.03 Å². The number of hydrogen-bond donors (Lipinski definition) is 5. The topological polar surface area (TPSA) is 198 Å². The first-order chi connectivity index (χ1) is 28.0. The molecule has 0 aromatic heterocycles. The maximum absolute atomic E-state index is 14.3. The number of amides is 7. The Morgan fingerprint density at radius 1 is 0.864 bits per heavy atom. The highest BCUT2D eigenvalue weighted by Crippen LogP contribution is 2.48. The molecular formula is C42H53F2N7O8. The van der Waals surface area contributed by atoms with Crippen LogP contribution in [0.15, 0.2) is 42.5 Å². The molecule has 15 nitrogen and oxygen atoms in total. The van der Waals surface area contributed by atoms with Crippen LogP contribution in [0.5, 0.6) is 0 Å². The predicted octanol–water partition coefficient (Wildman–Crippen LogP) is 2.33. The van der Waals surface area contributed by atoms with Crippen LogP contribution in [-0.2, 0) is 35.2 Å². The fourth-order valence-electron chi connectivity index (χ4n) is 8.70. The normalized spacial score (nSPS) is 24.6. The number of carbonyl (C=O) groups is 7. The maximum atomic E-state index is 14.3. The summed E-state index contributed by atoms with van der Waals surface area (Å²) < 4.78 is 28.3. The average Bonchev–Trinajstić information content (AvgIpc) is 3.46. The first-order valence-electron chi connectivity index (χ1n) is 20.3. The summed E-state index contributed by atoms with van der Waals surface area (Å²) >= 11 is 0. The van der Waals surface area contributed by atoms with Gasteiger partial charge in [-0.15, -0.1) is 0 Å². The van der Waals surface area contributed by atoms with Gasteiger partial charge < -0.3 is 41.1 Å². The zero-order valence-electron chi connectivity index (χ0n) is 33.8. The molecule has 318 valence electrons. The van der Waals surface area contributed by atoms with E-state index in [2.05, 4.69) is 21.3 Å². The van der Waals surface area contributed by atoms with E-state index in [0.29, 0.717) is 56.8 Å². The van der Waals surface area contributed by atoms with E-state index in [9.17, 15) is 47.4 Å². The molecule has 59 heavy (non-hydrogen) atoms. The quantitative estimate of drug-likeness (QED) is 0.215. The fourth-order valence-corrected chi connectivity index (χ4v) is 8.70. The first-order valence-corrected chi connectivity index (χ1v) is 20.3. The summed E-state index contributed by atoms with van der Waals surface area (Å²) in [4.78, 5) is 99.2. The number of hydrogen-bond acceptors (Lipinski definition) is 8. The molecule has 1 aliphatic carbocycles. The largest absolute Gasteiger partial charge is 0.391 e. The molecule has 3 aliphatic heterocycles. The second kappa shape index (κ2) is 17.8. The summed E-state index contributed by atoms with van der Waals surface area (Å²) in [7, 11) is 0. The molecule has 0 unspecified atom stereocenters. The highest BCUT2D eigenvalue weighted by molar-refractivity contribution is 6.09. The van der Waals surface area contributed by atoms with Gasteiger partial charge in [-0.1, -0.05) is 24.6 Å². The lowest BCUT2D eigenvalue weighted by Crippen LogP contribution is -2.62. The van der Waals surface area contributed by atoms with Crippen LogP contribution >= 0.6 is 0 Å². The zero-order valence-corrected chi connectivity index (χ0v) is 33.8. The number of halogens is 2. The van der Waals surface area contributed by atoms with Gasteiger partial charge in [-0.3, -0.25) is 28.8 Å². The highest BCUT2D eigenvalue weighted by atomic mass is 19.1. The van der Waals surface area contributed by atoms with E-state index in [0.717, 1.165) is 17.7 Å². The summed E-state index contributed by atoms with van der Waals surface area (Å²) in [6.45, 7) is 7.45. The van der Waals surface area contributed by atoms with Crippen LogP contribution in [-0.4, -0.2) is 123 Å². The molecule has 4 fully saturated rings. The molecule has 2 aromatic carbocycles. The Hall–Kier alpha value is -5.45. The minimum atomic E-state index is -1.59. The lowest BCUT2D eigenvalue weighted by molar-refractivity contribution is -0.152. The Bertz CT molecular complexity index is 1960. The fraction of sp³-hybridized carbons (Fsp3) is 0.548. The minimum absolute atomic E-state index is 0.0177. The van der Waals surface area contributed by atoms with Crippen molar-refractivity contribution in [2.45, 2.75) is 121 Å². The smallest absolute Gasteiger partial charge is 0.319 e. The van der Waals surface area contributed by atoms with Crippen LogP contribution in [0.2, 0.25) is 0 Å². The van der Waals surface area contributed by atoms with E-state index in [1.54, 1.807) is 36.1 Å². The molecule has 17 heteroatoms. The Morgan fingerprint density at radius 2 is 1.51 bits per heavy atom. The Labute approximate surface area is 341 Å². The van der Waals surface area contributed by atoms with Crippen LogP contribution < -0.4 is 21.3 Å². The number of Topliss-reactive ketones (excluding diaryl/α,β-unsaturated/α-hetero) is 1. The van der Waals surface area contributed by atoms with Gasteiger partial charge in [0.15, 0.2) is 5.78 Å². The van der Waals surface area contributed by atoms with Crippen molar-refractivity contribution in [2.24, 2.45) is 5.92 Å². The van der Waals surface area contributed by atoms with Crippen LogP contribution in [0.3, 0.4) is 0 Å². The predicted molar refractivity (Wildman–Crippen MR) is 210 cm³/mol. The number of nitrogens with zero attached hydrogens (tertiary/aromatic N) is 3. The second-order valence-corrected chi connectivity index (χ2v) is 16.6. The van der Waals surface area contributed by atoms with Gasteiger partial charge in [-0.05, 0) is 95.0 Å². The summed E-state index contributed by atoms with van der Waals surface area (Å²) in [6.07, 6.45) is 1.30. The lowest BCUT2D eigenvalue weighted by atomic mass is 9.99. The number of carbonyl (C=O) groups excluding carboxylic acids is 7. The van der Waals surface area contributed by atoms with Crippen LogP contribution in [0, 0.1) is 24.5 Å². The molecule has 0 bridgehead atoms. The number of piperidine rings is 1. The van der Waals surface area contributed by atoms with Gasteiger partial charge in [-0.25, -0.2) is 13.6 Å². The molecule has 3 heterocycles. The molecule has 2 aromatic rings. The summed E-state index contributed by atoms with van der Waals surface area (Å²) in [5, 5.41) is 21.2. The zero-order chi connectivity index (χ0) is 42.8. The number of anilines is 1. The first kappa shape index (κ1) is 43.1. The number of aryl methyl sites for hydroxylation is 1. The molecule has 6 rings (SSSR count). The molecule has 0 radical (unpaired) electrons. The van der Waals surface area contributed by atoms with Crippen LogP contribution in [0.1, 0.15) is 76.8 Å². The Kier molecular flexibility index (Phi) is 13.0. The Morgan fingerprint density at radius 3 is 2.15 bits per heavy atom. The van der Waals surface area contributed by atoms with E-state index in [-0.39, 0.29) is 49.1 Å². The van der Waals surface area contributed by atoms with Crippen molar-refractivity contribution < 1.29 is 47.4 Å². The third-order valence-corrected chi connectivity index (χ3v) is 11.8. The van der Waals surface area contributed by atoms with Gasteiger partial charge in [-0.2, -0.15) is 0 Å². The lowest BCUT2D eigenvalue weighted by Gasteiger charge is -2.39. The summed E-state index contributed by atoms with van der Waals surface area (Å²) in [5.74, 6) is -4.70. The van der Waals surface area contributed by atoms with Crippen molar-refractivity contribution in [2.75, 3.05) is 25.0 Å². The summed E-state index contributed by atoms with van der Waals surface area (Å²) in [5.41, 5.74) is 0.604. The van der Waals surface area contributed by atoms with E-state index < -0.39 is 83.1 Å². The number of aliphatic hydroxyl groups is 1. The van der Waals surface area contributed by atoms with Gasteiger partial charge in [0.25, 0.3) is 0 Å². The van der Waals surface area contributed by atoms with Gasteiger partial charge in [0.2, 0.25) is 29.5 Å². The number of likely N-dealkylation sites (tertiary alicyclic amines) is 3. The van der Waals surface area contributed by atoms with Crippen molar-refractivity contribution in [3.05, 3.63) is 65.2 Å². The molecule has 3 saturated heterocycles. The van der Waals surface area contributed by atoms with Crippen molar-refractivity contribution in [1.29, 1.82) is 0 Å². The van der Waals surface area contributed by atoms with Crippen molar-refractivity contribution in [3.63, 3.8) is 0 Å². The van der Waals surface area contributed by atoms with Crippen LogP contribution in [0.25, 0.3) is 0 Å². The molecule has 1 spiro atoms. The molecule has 7 amide bonds. The van der Waals surface area contributed by atoms with Gasteiger partial charge in [0.05, 0.1) is 6.10 Å². The monoisotopic (exact) mass is 821 g/mol. The number of benzene rings is 2. The highest BCUT2D eigenvalue weighted by Gasteiger charge is 2.63. The number of aliphatic hydroxyl groups excluding tert-OH is 1. The molecule has 4 aliphatic rings. The number of nitrogens with one attached hydrogen (secondary N) is 4. The second-order valence-electron chi connectivity index (χ2n) is 16.6. The van der Waals surface area contributed by atoms with E-state index in [4.69, 9.17) is 0 Å². The molecular weight excluding hydrogens is 768 g/mol. The van der Waals surface area contributed by atoms with E-state index in [1.807, 2.05) is 13.8 Å². The summed E-state index contributed by atoms with van der Waals surface area (Å²) in [6, 6.07) is 2.72. The van der Waals surface area contributed by atoms with E-state index in [1.165, 1.54) is 16.7 Å². The van der Waals surface area contributed by atoms with Crippen molar-refractivity contribution in [3.8, 4) is 0 Å². The SMILES string of the molecule is Cc1ccc(NC(=O)N[C@@H](Cc2cc(F)cc(F)c2)C(=O)N[C@H](C(=O)N2CCC[C@H]2C(=O)N2CCCC[C@H]2C(=O)N[C@@H](C)C(=O)N2C[C@H](C)C[C@@]23CC3=O)[C@@H](C)O)cc1. The van der Waals surface area contributed by atoms with Gasteiger partial charge in [0, 0.05) is 44.2 Å². The number of urea groups is 1. The van der Waals surface area contributed by atoms with Crippen molar-refractivity contribution in [1.82, 2.24) is 30.7 Å². The third-order valence-electron chi connectivity index (χ3n) is 11.8. The van der Waals surface area contributed by atoms with Crippen molar-refractivity contribution >= 4 is 47.0 Å². The number of ketones is 1. The molecule has 1 saturated carbocycles. The standard InChI is InChI=1S/C42H53F2N7O8/c1-23-10-12-30(13-11-23)46-41(59)47-31(18-27-16-28(43)19-29(44)17-27)36(54)48-35(26(4)52)40(58)50-15-7-9-33(50)39(57)49-14-6-5-8-32(49)37(55)45-25(3)38(56)51-22-24(2)20-42(51)21-34(42)53/h10-13,16-17,19,24-26,31-33,35,52H,5-9,14-15,18,20-22H2,1-4H3,(H,45,55)(H,48,54)(H2,46,47,59)/t24-,25+,26-,31+,32+,33+,35+,42+/m1/s1. The minimum Gasteiger partial charge on any atom is -0.391 e. The number of rotatable bonds is 12. The Balaban J connectivity index is 1.14. The van der Waals surface area contributed by atoms with E-state index >= 15 is 0 Å². The van der Waals surface area contributed by atoms with Crippen LogP contribution in [0.4, 0.5) is 19.3 Å². The average molecular weight is 822 g/mol. The maximum Gasteiger partial charge on any atom is 0.319 e. The third kappa shape index (κ3) is 9.72. The molecule has 5 N–H and O–H groups in total.